The Kier molecular flexibility index (Phi) is 6.79. The monoisotopic (exact) mass is 459 g/mol. The summed E-state index contributed by atoms with van der Waals surface area (Å²) in [5.74, 6) is 1.27. The molecule has 1 aromatic heterocycles. The molecule has 7 heteroatoms. The van der Waals surface area contributed by atoms with E-state index in [-0.39, 0.29) is 11.5 Å². The molecule has 0 atom stereocenters. The SMILES string of the molecule is CCOc1ccc(-n2c(SCc3cccc(C(=O)N(C)C)c3)nc3ccccc3c2=O)cc1. The maximum atomic E-state index is 13.4. The molecule has 4 rings (SSSR count). The van der Waals surface area contributed by atoms with Gasteiger partial charge in [-0.3, -0.25) is 14.2 Å². The molecule has 33 heavy (non-hydrogen) atoms. The number of ether oxygens (including phenoxy) is 1. The van der Waals surface area contributed by atoms with E-state index < -0.39 is 0 Å². The quantitative estimate of drug-likeness (QED) is 0.294. The third-order valence-corrected chi connectivity index (χ3v) is 6.11. The normalized spacial score (nSPS) is 10.9. The average Bonchev–Trinajstić information content (AvgIpc) is 2.83. The summed E-state index contributed by atoms with van der Waals surface area (Å²) >= 11 is 1.46. The predicted molar refractivity (Wildman–Crippen MR) is 133 cm³/mol. The van der Waals surface area contributed by atoms with Crippen molar-refractivity contribution in [1.82, 2.24) is 14.5 Å². The first-order valence-corrected chi connectivity index (χ1v) is 11.6. The lowest BCUT2D eigenvalue weighted by Gasteiger charge is -2.14. The summed E-state index contributed by atoms with van der Waals surface area (Å²) < 4.78 is 7.18. The van der Waals surface area contributed by atoms with Gasteiger partial charge < -0.3 is 9.64 Å². The summed E-state index contributed by atoms with van der Waals surface area (Å²) in [4.78, 5) is 32.1. The molecule has 0 fully saturated rings. The lowest BCUT2D eigenvalue weighted by atomic mass is 10.1. The number of carbonyl (C=O) groups is 1. The van der Waals surface area contributed by atoms with Crippen molar-refractivity contribution in [2.45, 2.75) is 17.8 Å². The highest BCUT2D eigenvalue weighted by Crippen LogP contribution is 2.26. The Hall–Kier alpha value is -3.58. The van der Waals surface area contributed by atoms with E-state index in [4.69, 9.17) is 9.72 Å². The Labute approximate surface area is 196 Å². The minimum Gasteiger partial charge on any atom is -0.494 e. The highest BCUT2D eigenvalue weighted by Gasteiger charge is 2.14. The van der Waals surface area contributed by atoms with Crippen LogP contribution in [0.25, 0.3) is 16.6 Å². The van der Waals surface area contributed by atoms with Crippen molar-refractivity contribution in [3.8, 4) is 11.4 Å². The number of aromatic nitrogens is 2. The molecule has 0 saturated carbocycles. The summed E-state index contributed by atoms with van der Waals surface area (Å²) in [6.07, 6.45) is 0. The Bertz CT molecular complexity index is 1350. The number of carbonyl (C=O) groups excluding carboxylic acids is 1. The standard InChI is InChI=1S/C26H25N3O3S/c1-4-32-21-14-12-20(13-15-21)29-25(31)22-10-5-6-11-23(22)27-26(29)33-17-18-8-7-9-19(16-18)24(30)28(2)3/h5-16H,4,17H2,1-3H3. The van der Waals surface area contributed by atoms with Gasteiger partial charge in [-0.25, -0.2) is 4.98 Å². The van der Waals surface area contributed by atoms with Crippen LogP contribution in [-0.4, -0.2) is 41.1 Å². The third-order valence-electron chi connectivity index (χ3n) is 5.10. The fourth-order valence-electron chi connectivity index (χ4n) is 3.50. The topological polar surface area (TPSA) is 64.4 Å². The lowest BCUT2D eigenvalue weighted by molar-refractivity contribution is 0.0827. The second-order valence-corrected chi connectivity index (χ2v) is 8.61. The van der Waals surface area contributed by atoms with Gasteiger partial charge in [0.25, 0.3) is 11.5 Å². The predicted octanol–water partition coefficient (Wildman–Crippen LogP) is 4.78. The van der Waals surface area contributed by atoms with Gasteiger partial charge in [0.1, 0.15) is 5.75 Å². The number of hydrogen-bond donors (Lipinski definition) is 0. The van der Waals surface area contributed by atoms with Crippen LogP contribution in [0.2, 0.25) is 0 Å². The molecule has 1 heterocycles. The minimum absolute atomic E-state index is 0.0445. The van der Waals surface area contributed by atoms with Crippen LogP contribution in [-0.2, 0) is 5.75 Å². The van der Waals surface area contributed by atoms with Gasteiger partial charge in [-0.1, -0.05) is 36.0 Å². The third kappa shape index (κ3) is 4.93. The van der Waals surface area contributed by atoms with Crippen LogP contribution >= 0.6 is 11.8 Å². The fourth-order valence-corrected chi connectivity index (χ4v) is 4.45. The zero-order valence-electron chi connectivity index (χ0n) is 18.8. The van der Waals surface area contributed by atoms with E-state index in [9.17, 15) is 9.59 Å². The number of amides is 1. The van der Waals surface area contributed by atoms with Gasteiger partial charge in [0.05, 0.1) is 23.2 Å². The Morgan fingerprint density at radius 2 is 1.79 bits per heavy atom. The molecule has 3 aromatic carbocycles. The molecule has 1 amide bonds. The zero-order valence-corrected chi connectivity index (χ0v) is 19.6. The molecule has 0 bridgehead atoms. The smallest absolute Gasteiger partial charge is 0.266 e. The number of rotatable bonds is 7. The first kappa shape index (κ1) is 22.6. The van der Waals surface area contributed by atoms with Crippen molar-refractivity contribution in [3.05, 3.63) is 94.3 Å². The van der Waals surface area contributed by atoms with Crippen LogP contribution in [0.4, 0.5) is 0 Å². The molecule has 0 aliphatic carbocycles. The van der Waals surface area contributed by atoms with Gasteiger partial charge in [0, 0.05) is 25.4 Å². The first-order valence-electron chi connectivity index (χ1n) is 10.7. The van der Waals surface area contributed by atoms with E-state index in [1.807, 2.05) is 67.6 Å². The van der Waals surface area contributed by atoms with Crippen molar-refractivity contribution in [3.63, 3.8) is 0 Å². The first-order chi connectivity index (χ1) is 16.0. The summed E-state index contributed by atoms with van der Waals surface area (Å²) in [7, 11) is 3.47. The van der Waals surface area contributed by atoms with Crippen LogP contribution in [0.5, 0.6) is 5.75 Å². The largest absolute Gasteiger partial charge is 0.494 e. The zero-order chi connectivity index (χ0) is 23.4. The van der Waals surface area contributed by atoms with E-state index >= 15 is 0 Å². The highest BCUT2D eigenvalue weighted by molar-refractivity contribution is 7.98. The lowest BCUT2D eigenvalue weighted by Crippen LogP contribution is -2.22. The maximum Gasteiger partial charge on any atom is 0.266 e. The van der Waals surface area contributed by atoms with Crippen molar-refractivity contribution >= 4 is 28.6 Å². The van der Waals surface area contributed by atoms with E-state index in [1.54, 1.807) is 35.7 Å². The highest BCUT2D eigenvalue weighted by atomic mass is 32.2. The second kappa shape index (κ2) is 9.92. The summed E-state index contributed by atoms with van der Waals surface area (Å²) in [6.45, 7) is 2.51. The molecule has 168 valence electrons. The molecular formula is C26H25N3O3S. The summed E-state index contributed by atoms with van der Waals surface area (Å²) in [5.41, 5.74) is 2.87. The molecule has 0 spiro atoms. The average molecular weight is 460 g/mol. The van der Waals surface area contributed by atoms with Gasteiger partial charge in [-0.05, 0) is 61.0 Å². The van der Waals surface area contributed by atoms with Gasteiger partial charge in [-0.2, -0.15) is 0 Å². The Morgan fingerprint density at radius 1 is 1.03 bits per heavy atom. The van der Waals surface area contributed by atoms with Gasteiger partial charge >= 0.3 is 0 Å². The van der Waals surface area contributed by atoms with E-state index in [0.29, 0.717) is 34.0 Å². The number of para-hydroxylation sites is 1. The second-order valence-electron chi connectivity index (χ2n) is 7.67. The minimum atomic E-state index is -0.121. The molecule has 4 aromatic rings. The van der Waals surface area contributed by atoms with E-state index in [0.717, 1.165) is 17.0 Å². The van der Waals surface area contributed by atoms with Gasteiger partial charge in [0.15, 0.2) is 5.16 Å². The van der Waals surface area contributed by atoms with E-state index in [1.165, 1.54) is 11.8 Å². The molecule has 6 nitrogen and oxygen atoms in total. The molecule has 0 saturated heterocycles. The number of benzene rings is 3. The molecule has 0 radical (unpaired) electrons. The summed E-state index contributed by atoms with van der Waals surface area (Å²) in [5, 5.41) is 1.15. The van der Waals surface area contributed by atoms with Gasteiger partial charge in [-0.15, -0.1) is 0 Å². The summed E-state index contributed by atoms with van der Waals surface area (Å²) in [6, 6.07) is 22.3. The molecule has 0 aliphatic rings. The Morgan fingerprint density at radius 3 is 2.52 bits per heavy atom. The number of nitrogens with zero attached hydrogens (tertiary/aromatic N) is 3. The van der Waals surface area contributed by atoms with Crippen LogP contribution in [0.1, 0.15) is 22.8 Å². The van der Waals surface area contributed by atoms with E-state index in [2.05, 4.69) is 0 Å². The molecule has 0 aliphatic heterocycles. The molecule has 0 unspecified atom stereocenters. The number of hydrogen-bond acceptors (Lipinski definition) is 5. The van der Waals surface area contributed by atoms with Crippen LogP contribution in [0.15, 0.2) is 82.7 Å². The van der Waals surface area contributed by atoms with Crippen LogP contribution in [0, 0.1) is 0 Å². The van der Waals surface area contributed by atoms with Crippen molar-refractivity contribution in [2.24, 2.45) is 0 Å². The van der Waals surface area contributed by atoms with Crippen molar-refractivity contribution < 1.29 is 9.53 Å². The number of fused-ring (bicyclic) bond motifs is 1. The number of thioether (sulfide) groups is 1. The molecule has 0 N–H and O–H groups in total. The van der Waals surface area contributed by atoms with Crippen molar-refractivity contribution in [1.29, 1.82) is 0 Å². The Balaban J connectivity index is 1.72. The van der Waals surface area contributed by atoms with Crippen LogP contribution in [0.3, 0.4) is 0 Å². The molecular weight excluding hydrogens is 434 g/mol. The van der Waals surface area contributed by atoms with Crippen LogP contribution < -0.4 is 10.3 Å². The maximum absolute atomic E-state index is 13.4. The fraction of sp³-hybridized carbons (Fsp3) is 0.192. The van der Waals surface area contributed by atoms with Crippen molar-refractivity contribution in [2.75, 3.05) is 20.7 Å². The van der Waals surface area contributed by atoms with Gasteiger partial charge in [0.2, 0.25) is 0 Å².